The van der Waals surface area contributed by atoms with Crippen LogP contribution in [0.15, 0.2) is 35.1 Å². The van der Waals surface area contributed by atoms with E-state index in [1.54, 1.807) is 6.07 Å². The van der Waals surface area contributed by atoms with Crippen molar-refractivity contribution in [1.82, 2.24) is 24.4 Å². The number of rotatable bonds is 12. The molecule has 4 rings (SSSR count). The second-order valence-electron chi connectivity index (χ2n) is 8.53. The van der Waals surface area contributed by atoms with Gasteiger partial charge in [-0.15, -0.1) is 0 Å². The molecule has 0 aliphatic heterocycles. The van der Waals surface area contributed by atoms with Crippen LogP contribution >= 0.6 is 11.6 Å². The number of hydrogen-bond acceptors (Lipinski definition) is 9. The Labute approximate surface area is 237 Å². The first kappa shape index (κ1) is 29.6. The number of hydrogen-bond donors (Lipinski definition) is 2. The molecule has 41 heavy (non-hydrogen) atoms. The molecule has 15 heteroatoms. The fourth-order valence-electron chi connectivity index (χ4n) is 3.90. The van der Waals surface area contributed by atoms with E-state index in [9.17, 15) is 18.4 Å². The normalized spacial score (nSPS) is 11.0. The Morgan fingerprint density at radius 1 is 1.15 bits per heavy atom. The van der Waals surface area contributed by atoms with Crippen LogP contribution in [0, 0.1) is 5.82 Å². The van der Waals surface area contributed by atoms with Crippen LogP contribution in [0.4, 0.5) is 8.78 Å². The van der Waals surface area contributed by atoms with Gasteiger partial charge in [0.1, 0.15) is 30.4 Å². The van der Waals surface area contributed by atoms with Gasteiger partial charge in [-0.3, -0.25) is 9.78 Å². The van der Waals surface area contributed by atoms with Gasteiger partial charge in [0.25, 0.3) is 5.91 Å². The van der Waals surface area contributed by atoms with Crippen molar-refractivity contribution in [2.75, 3.05) is 41.0 Å². The predicted molar refractivity (Wildman–Crippen MR) is 143 cm³/mol. The number of fused-ring (bicyclic) bond motifs is 1. The number of aliphatic hydroxyl groups is 1. The number of carbonyl (C=O) groups excluding carboxylic acids is 1. The van der Waals surface area contributed by atoms with Crippen molar-refractivity contribution in [3.63, 3.8) is 0 Å². The minimum absolute atomic E-state index is 0.00403. The van der Waals surface area contributed by atoms with Crippen molar-refractivity contribution in [2.45, 2.75) is 13.3 Å². The van der Waals surface area contributed by atoms with Crippen molar-refractivity contribution >= 4 is 28.7 Å². The number of alkyl halides is 1. The van der Waals surface area contributed by atoms with E-state index in [-0.39, 0.29) is 76.1 Å². The SMILES string of the molecule is COc1cccc(F)c1COc1cc(-n2c(=O)[nH]c3c(OC)nc(CF)nc32)c(Cl)cc1OCC(=O)N(C)CCO. The smallest absolute Gasteiger partial charge is 0.332 e. The van der Waals surface area contributed by atoms with Gasteiger partial charge in [-0.05, 0) is 12.1 Å². The highest BCUT2D eigenvalue weighted by atomic mass is 35.5. The molecule has 218 valence electrons. The number of methoxy groups -OCH3 is 2. The summed E-state index contributed by atoms with van der Waals surface area (Å²) in [6.07, 6.45) is 0. The topological polar surface area (TPSA) is 141 Å². The first-order valence-corrected chi connectivity index (χ1v) is 12.5. The quantitative estimate of drug-likeness (QED) is 0.254. The largest absolute Gasteiger partial charge is 0.496 e. The maximum Gasteiger partial charge on any atom is 0.332 e. The minimum Gasteiger partial charge on any atom is -0.496 e. The molecular weight excluding hydrogens is 568 g/mol. The van der Waals surface area contributed by atoms with Gasteiger partial charge in [0, 0.05) is 25.7 Å². The van der Waals surface area contributed by atoms with E-state index < -0.39 is 30.7 Å². The maximum absolute atomic E-state index is 14.6. The standard InChI is InChI=1S/C26H26ClF2N5O7/c1-33(7-8-35)22(36)13-41-19-9-15(27)17(10-20(19)40-12-14-16(29)5-4-6-18(14)38-2)34-24-23(32-26(34)37)25(39-3)31-21(11-28)30-24/h4-6,9-10,35H,7-8,11-13H2,1-3H3,(H,32,37). The molecule has 1 amide bonds. The third kappa shape index (κ3) is 6.18. The molecular formula is C26H26ClF2N5O7. The summed E-state index contributed by atoms with van der Waals surface area (Å²) in [6, 6.07) is 6.92. The Morgan fingerprint density at radius 3 is 2.59 bits per heavy atom. The molecule has 2 aromatic carbocycles. The zero-order valence-corrected chi connectivity index (χ0v) is 23.0. The van der Waals surface area contributed by atoms with E-state index in [0.717, 1.165) is 4.57 Å². The average Bonchev–Trinajstić information content (AvgIpc) is 3.30. The summed E-state index contributed by atoms with van der Waals surface area (Å²) in [5.41, 5.74) is -0.456. The van der Waals surface area contributed by atoms with Gasteiger partial charge in [-0.1, -0.05) is 17.7 Å². The lowest BCUT2D eigenvalue weighted by Crippen LogP contribution is -2.33. The van der Waals surface area contributed by atoms with Crippen LogP contribution < -0.4 is 24.6 Å². The summed E-state index contributed by atoms with van der Waals surface area (Å²) in [4.78, 5) is 37.3. The molecule has 0 aliphatic rings. The number of aliphatic hydroxyl groups excluding tert-OH is 1. The second kappa shape index (κ2) is 12.8. The van der Waals surface area contributed by atoms with E-state index in [1.807, 2.05) is 0 Å². The summed E-state index contributed by atoms with van der Waals surface area (Å²) >= 11 is 6.56. The van der Waals surface area contributed by atoms with E-state index in [4.69, 9.17) is 35.7 Å². The Kier molecular flexibility index (Phi) is 9.24. The molecule has 0 spiro atoms. The molecule has 0 unspecified atom stereocenters. The Bertz CT molecular complexity index is 1630. The molecule has 0 saturated heterocycles. The fourth-order valence-corrected chi connectivity index (χ4v) is 4.14. The van der Waals surface area contributed by atoms with Crippen LogP contribution in [0.1, 0.15) is 11.4 Å². The number of amides is 1. The van der Waals surface area contributed by atoms with Gasteiger partial charge < -0.3 is 29.0 Å². The van der Waals surface area contributed by atoms with Crippen LogP contribution in [0.5, 0.6) is 23.1 Å². The number of H-pyrrole nitrogens is 1. The van der Waals surface area contributed by atoms with Crippen LogP contribution in [-0.4, -0.2) is 76.5 Å². The van der Waals surface area contributed by atoms with Crippen molar-refractivity contribution in [1.29, 1.82) is 0 Å². The molecule has 2 heterocycles. The number of likely N-dealkylation sites (N-methyl/N-ethyl adjacent to an activating group) is 1. The van der Waals surface area contributed by atoms with Gasteiger partial charge in [0.2, 0.25) is 5.88 Å². The molecule has 4 aromatic rings. The lowest BCUT2D eigenvalue weighted by Gasteiger charge is -2.19. The summed E-state index contributed by atoms with van der Waals surface area (Å²) in [6.45, 7) is -1.93. The molecule has 0 bridgehead atoms. The number of benzene rings is 2. The van der Waals surface area contributed by atoms with Crippen molar-refractivity contribution in [3.05, 3.63) is 63.0 Å². The van der Waals surface area contributed by atoms with Crippen LogP contribution in [0.3, 0.4) is 0 Å². The van der Waals surface area contributed by atoms with E-state index in [1.165, 1.54) is 50.4 Å². The number of halogens is 3. The highest BCUT2D eigenvalue weighted by Crippen LogP contribution is 2.37. The van der Waals surface area contributed by atoms with E-state index >= 15 is 0 Å². The molecule has 0 radical (unpaired) electrons. The second-order valence-corrected chi connectivity index (χ2v) is 8.94. The summed E-state index contributed by atoms with van der Waals surface area (Å²) in [5, 5.41) is 9.08. The lowest BCUT2D eigenvalue weighted by molar-refractivity contribution is -0.132. The monoisotopic (exact) mass is 593 g/mol. The fraction of sp³-hybridized carbons (Fsp3) is 0.308. The first-order chi connectivity index (χ1) is 19.7. The van der Waals surface area contributed by atoms with Gasteiger partial charge in [-0.2, -0.15) is 4.98 Å². The number of ether oxygens (including phenoxy) is 4. The van der Waals surface area contributed by atoms with Gasteiger partial charge >= 0.3 is 5.69 Å². The number of nitrogens with zero attached hydrogens (tertiary/aromatic N) is 4. The average molecular weight is 594 g/mol. The highest BCUT2D eigenvalue weighted by Gasteiger charge is 2.22. The van der Waals surface area contributed by atoms with Crippen molar-refractivity contribution in [3.8, 4) is 28.8 Å². The Morgan fingerprint density at radius 2 is 1.90 bits per heavy atom. The predicted octanol–water partition coefficient (Wildman–Crippen LogP) is 2.80. The zero-order valence-electron chi connectivity index (χ0n) is 22.2. The number of carbonyl (C=O) groups is 1. The molecule has 0 saturated carbocycles. The van der Waals surface area contributed by atoms with Gasteiger partial charge in [0.15, 0.2) is 29.6 Å². The molecule has 0 atom stereocenters. The van der Waals surface area contributed by atoms with Gasteiger partial charge in [-0.25, -0.2) is 23.1 Å². The number of aromatic amines is 1. The third-order valence-corrected chi connectivity index (χ3v) is 6.30. The van der Waals surface area contributed by atoms with Gasteiger partial charge in [0.05, 0.1) is 37.1 Å². The Balaban J connectivity index is 1.81. The first-order valence-electron chi connectivity index (χ1n) is 12.1. The molecule has 2 N–H and O–H groups in total. The molecule has 0 fully saturated rings. The summed E-state index contributed by atoms with van der Waals surface area (Å²) < 4.78 is 51.2. The highest BCUT2D eigenvalue weighted by molar-refractivity contribution is 6.32. The molecule has 0 aliphatic carbocycles. The van der Waals surface area contributed by atoms with E-state index in [2.05, 4.69) is 15.0 Å². The maximum atomic E-state index is 14.6. The van der Waals surface area contributed by atoms with Crippen molar-refractivity contribution in [2.24, 2.45) is 0 Å². The third-order valence-electron chi connectivity index (χ3n) is 6.00. The number of imidazole rings is 1. The zero-order chi connectivity index (χ0) is 29.7. The summed E-state index contributed by atoms with van der Waals surface area (Å²) in [5.74, 6) is -1.09. The van der Waals surface area contributed by atoms with E-state index in [0.29, 0.717) is 0 Å². The Hall–Kier alpha value is -4.43. The summed E-state index contributed by atoms with van der Waals surface area (Å²) in [7, 11) is 4.18. The number of aromatic nitrogens is 4. The number of nitrogens with one attached hydrogen (secondary N) is 1. The lowest BCUT2D eigenvalue weighted by atomic mass is 10.2. The molecule has 2 aromatic heterocycles. The van der Waals surface area contributed by atoms with Crippen molar-refractivity contribution < 1.29 is 37.6 Å². The van der Waals surface area contributed by atoms with Crippen LogP contribution in [0.25, 0.3) is 16.9 Å². The minimum atomic E-state index is -1.02. The van der Waals surface area contributed by atoms with Crippen LogP contribution in [-0.2, 0) is 18.1 Å². The molecule has 12 nitrogen and oxygen atoms in total. The van der Waals surface area contributed by atoms with Crippen LogP contribution in [0.2, 0.25) is 5.02 Å².